The third kappa shape index (κ3) is 4.19. The third-order valence-corrected chi connectivity index (χ3v) is 5.12. The van der Waals surface area contributed by atoms with Crippen LogP contribution in [0.15, 0.2) is 0 Å². The first-order valence-electron chi connectivity index (χ1n) is 8.18. The molecule has 120 valence electrons. The highest BCUT2D eigenvalue weighted by Gasteiger charge is 2.38. The standard InChI is InChI=1S/C16H27NO4/c18-12-13-6-2-5-9-17(13)14(19)10-16(11-15(20)21)7-3-1-4-8-16/h13,18H,1-12H2,(H,20,21). The quantitative estimate of drug-likeness (QED) is 0.815. The third-order valence-electron chi connectivity index (χ3n) is 5.12. The van der Waals surface area contributed by atoms with Gasteiger partial charge in [-0.3, -0.25) is 9.59 Å². The first kappa shape index (κ1) is 16.3. The van der Waals surface area contributed by atoms with Gasteiger partial charge in [0.1, 0.15) is 0 Å². The predicted octanol–water partition coefficient (Wildman–Crippen LogP) is 2.18. The Labute approximate surface area is 126 Å². The number of carbonyl (C=O) groups excluding carboxylic acids is 1. The zero-order valence-corrected chi connectivity index (χ0v) is 12.7. The van der Waals surface area contributed by atoms with Gasteiger partial charge in [0.2, 0.25) is 5.91 Å². The fraction of sp³-hybridized carbons (Fsp3) is 0.875. The molecule has 1 aliphatic carbocycles. The lowest BCUT2D eigenvalue weighted by atomic mass is 9.69. The molecule has 0 bridgehead atoms. The molecule has 1 saturated carbocycles. The Kier molecular flexibility index (Phi) is 5.62. The lowest BCUT2D eigenvalue weighted by molar-refractivity contribution is -0.144. The summed E-state index contributed by atoms with van der Waals surface area (Å²) in [6.07, 6.45) is 8.15. The van der Waals surface area contributed by atoms with Crippen LogP contribution < -0.4 is 0 Å². The van der Waals surface area contributed by atoms with Crippen LogP contribution in [0.4, 0.5) is 0 Å². The molecule has 0 radical (unpaired) electrons. The molecule has 21 heavy (non-hydrogen) atoms. The Morgan fingerprint density at radius 3 is 2.38 bits per heavy atom. The van der Waals surface area contributed by atoms with E-state index in [9.17, 15) is 19.8 Å². The Balaban J connectivity index is 2.04. The minimum absolute atomic E-state index is 0.0116. The van der Waals surface area contributed by atoms with E-state index >= 15 is 0 Å². The molecule has 1 atom stereocenters. The van der Waals surface area contributed by atoms with Crippen molar-refractivity contribution in [3.63, 3.8) is 0 Å². The van der Waals surface area contributed by atoms with E-state index in [1.807, 2.05) is 0 Å². The average Bonchev–Trinajstić information content (AvgIpc) is 2.47. The summed E-state index contributed by atoms with van der Waals surface area (Å²) in [5.41, 5.74) is -0.362. The lowest BCUT2D eigenvalue weighted by Crippen LogP contribution is -2.47. The van der Waals surface area contributed by atoms with Gasteiger partial charge in [0.05, 0.1) is 19.1 Å². The van der Waals surface area contributed by atoms with E-state index in [0.717, 1.165) is 51.4 Å². The summed E-state index contributed by atoms with van der Waals surface area (Å²) in [6.45, 7) is 0.713. The average molecular weight is 297 g/mol. The summed E-state index contributed by atoms with van der Waals surface area (Å²) < 4.78 is 0. The number of piperidine rings is 1. The molecular formula is C16H27NO4. The predicted molar refractivity (Wildman–Crippen MR) is 78.8 cm³/mol. The topological polar surface area (TPSA) is 77.8 Å². The van der Waals surface area contributed by atoms with Gasteiger partial charge in [0.15, 0.2) is 0 Å². The number of hydrogen-bond donors (Lipinski definition) is 2. The number of hydrogen-bond acceptors (Lipinski definition) is 3. The molecule has 5 nitrogen and oxygen atoms in total. The van der Waals surface area contributed by atoms with Crippen molar-refractivity contribution in [2.75, 3.05) is 13.2 Å². The first-order chi connectivity index (χ1) is 10.1. The minimum Gasteiger partial charge on any atom is -0.481 e. The van der Waals surface area contributed by atoms with Crippen LogP contribution in [-0.2, 0) is 9.59 Å². The summed E-state index contributed by atoms with van der Waals surface area (Å²) >= 11 is 0. The second-order valence-electron chi connectivity index (χ2n) is 6.73. The number of aliphatic hydroxyl groups excluding tert-OH is 1. The van der Waals surface area contributed by atoms with E-state index in [4.69, 9.17) is 0 Å². The Morgan fingerprint density at radius 1 is 1.05 bits per heavy atom. The minimum atomic E-state index is -0.804. The fourth-order valence-electron chi connectivity index (χ4n) is 3.98. The van der Waals surface area contributed by atoms with Crippen LogP contribution in [0.5, 0.6) is 0 Å². The Bertz CT molecular complexity index is 376. The number of carboxylic acid groups (broad SMARTS) is 1. The van der Waals surface area contributed by atoms with Gasteiger partial charge in [-0.25, -0.2) is 0 Å². The van der Waals surface area contributed by atoms with E-state index in [1.54, 1.807) is 4.90 Å². The maximum Gasteiger partial charge on any atom is 0.303 e. The van der Waals surface area contributed by atoms with Gasteiger partial charge >= 0.3 is 5.97 Å². The zero-order valence-electron chi connectivity index (χ0n) is 12.7. The van der Waals surface area contributed by atoms with Crippen LogP contribution in [0.1, 0.15) is 64.2 Å². The molecule has 1 saturated heterocycles. The van der Waals surface area contributed by atoms with E-state index in [1.165, 1.54) is 0 Å². The zero-order chi connectivity index (χ0) is 15.3. The molecule has 5 heteroatoms. The number of likely N-dealkylation sites (tertiary alicyclic amines) is 1. The number of carbonyl (C=O) groups is 2. The van der Waals surface area contributed by atoms with E-state index < -0.39 is 5.97 Å². The Hall–Kier alpha value is -1.10. The van der Waals surface area contributed by atoms with Crippen molar-refractivity contribution < 1.29 is 19.8 Å². The fourth-order valence-corrected chi connectivity index (χ4v) is 3.98. The van der Waals surface area contributed by atoms with Crippen LogP contribution in [-0.4, -0.2) is 46.2 Å². The van der Waals surface area contributed by atoms with Gasteiger partial charge in [-0.15, -0.1) is 0 Å². The van der Waals surface area contributed by atoms with Gasteiger partial charge in [-0.2, -0.15) is 0 Å². The number of amides is 1. The smallest absolute Gasteiger partial charge is 0.303 e. The molecule has 1 unspecified atom stereocenters. The number of carboxylic acids is 1. The maximum absolute atomic E-state index is 12.6. The second kappa shape index (κ2) is 7.25. The summed E-state index contributed by atoms with van der Waals surface area (Å²) in [5.74, 6) is -0.765. The van der Waals surface area contributed by atoms with E-state index in [-0.39, 0.29) is 30.4 Å². The molecule has 0 spiro atoms. The van der Waals surface area contributed by atoms with Crippen LogP contribution in [0.3, 0.4) is 0 Å². The SMILES string of the molecule is O=C(O)CC1(CC(=O)N2CCCCC2CO)CCCCC1. The highest BCUT2D eigenvalue weighted by atomic mass is 16.4. The van der Waals surface area contributed by atoms with Crippen molar-refractivity contribution in [3.8, 4) is 0 Å². The summed E-state index contributed by atoms with van der Waals surface area (Å²) in [7, 11) is 0. The molecule has 0 aromatic carbocycles. The van der Waals surface area contributed by atoms with Gasteiger partial charge in [0, 0.05) is 13.0 Å². The van der Waals surface area contributed by atoms with Crippen LogP contribution in [0.2, 0.25) is 0 Å². The van der Waals surface area contributed by atoms with Crippen molar-refractivity contribution in [2.45, 2.75) is 70.3 Å². The molecule has 1 amide bonds. The maximum atomic E-state index is 12.6. The number of aliphatic carboxylic acids is 1. The molecule has 0 aromatic heterocycles. The van der Waals surface area contributed by atoms with Crippen LogP contribution in [0, 0.1) is 5.41 Å². The van der Waals surface area contributed by atoms with Crippen molar-refractivity contribution in [1.29, 1.82) is 0 Å². The van der Waals surface area contributed by atoms with Crippen LogP contribution >= 0.6 is 0 Å². The van der Waals surface area contributed by atoms with Gasteiger partial charge in [-0.05, 0) is 37.5 Å². The van der Waals surface area contributed by atoms with Gasteiger partial charge in [0.25, 0.3) is 0 Å². The number of nitrogens with zero attached hydrogens (tertiary/aromatic N) is 1. The number of rotatable bonds is 5. The lowest BCUT2D eigenvalue weighted by Gasteiger charge is -2.40. The molecule has 2 rings (SSSR count). The highest BCUT2D eigenvalue weighted by Crippen LogP contribution is 2.43. The largest absolute Gasteiger partial charge is 0.481 e. The molecule has 1 heterocycles. The van der Waals surface area contributed by atoms with Crippen molar-refractivity contribution >= 4 is 11.9 Å². The molecule has 2 fully saturated rings. The summed E-state index contributed by atoms with van der Waals surface area (Å²) in [6, 6.07) is -0.0725. The normalized spacial score (nSPS) is 25.6. The summed E-state index contributed by atoms with van der Waals surface area (Å²) in [5, 5.41) is 18.6. The van der Waals surface area contributed by atoms with Crippen molar-refractivity contribution in [3.05, 3.63) is 0 Å². The highest BCUT2D eigenvalue weighted by molar-refractivity contribution is 5.78. The van der Waals surface area contributed by atoms with Crippen molar-refractivity contribution in [1.82, 2.24) is 4.90 Å². The molecule has 1 aliphatic heterocycles. The first-order valence-corrected chi connectivity index (χ1v) is 8.18. The molecule has 2 aliphatic rings. The van der Waals surface area contributed by atoms with Gasteiger partial charge in [-0.1, -0.05) is 19.3 Å². The van der Waals surface area contributed by atoms with Crippen molar-refractivity contribution in [2.24, 2.45) is 5.41 Å². The van der Waals surface area contributed by atoms with Crippen LogP contribution in [0.25, 0.3) is 0 Å². The Morgan fingerprint density at radius 2 is 1.76 bits per heavy atom. The van der Waals surface area contributed by atoms with E-state index in [2.05, 4.69) is 0 Å². The number of aliphatic hydroxyl groups is 1. The van der Waals surface area contributed by atoms with E-state index in [0.29, 0.717) is 13.0 Å². The molecular weight excluding hydrogens is 270 g/mol. The monoisotopic (exact) mass is 297 g/mol. The molecule has 0 aromatic rings. The second-order valence-corrected chi connectivity index (χ2v) is 6.73. The summed E-state index contributed by atoms with van der Waals surface area (Å²) in [4.78, 5) is 25.6. The van der Waals surface area contributed by atoms with Gasteiger partial charge < -0.3 is 15.1 Å². The molecule has 2 N–H and O–H groups in total.